The Kier molecular flexibility index (Phi) is 6.63. The van der Waals surface area contributed by atoms with E-state index in [2.05, 4.69) is 22.1 Å². The summed E-state index contributed by atoms with van der Waals surface area (Å²) >= 11 is 0. The van der Waals surface area contributed by atoms with Crippen LogP contribution in [0, 0.1) is 11.8 Å². The fraction of sp³-hybridized carbons (Fsp3) is 0.480. The fourth-order valence-corrected chi connectivity index (χ4v) is 4.28. The Bertz CT molecular complexity index is 1150. The molecule has 10 heteroatoms. The molecular weight excluding hydrogens is 452 g/mol. The molecule has 2 fully saturated rings. The zero-order valence-corrected chi connectivity index (χ0v) is 20.1. The zero-order chi connectivity index (χ0) is 25.3. The lowest BCUT2D eigenvalue weighted by atomic mass is 10.0. The molecule has 3 aliphatic heterocycles. The minimum Gasteiger partial charge on any atom is -0.444 e. The summed E-state index contributed by atoms with van der Waals surface area (Å²) in [7, 11) is 0. The van der Waals surface area contributed by atoms with E-state index in [4.69, 9.17) is 4.74 Å². The number of piperidine rings is 1. The maximum absolute atomic E-state index is 13.1. The Morgan fingerprint density at radius 1 is 1.09 bits per heavy atom. The van der Waals surface area contributed by atoms with E-state index in [-0.39, 0.29) is 30.1 Å². The van der Waals surface area contributed by atoms with Gasteiger partial charge in [-0.25, -0.2) is 4.79 Å². The molecule has 0 aromatic heterocycles. The third kappa shape index (κ3) is 5.20. The average molecular weight is 481 g/mol. The van der Waals surface area contributed by atoms with Crippen molar-refractivity contribution in [3.8, 4) is 11.8 Å². The molecule has 4 rings (SSSR count). The molecule has 0 spiro atoms. The summed E-state index contributed by atoms with van der Waals surface area (Å²) in [5.74, 6) is 3.87. The SMILES string of the molecule is CC(C)(C)OC(=O)N1CCN(CC#Cc2cccc3c2C(=O)N(C2CCC(=O)NC2=O)C3=O)CC1. The van der Waals surface area contributed by atoms with Crippen molar-refractivity contribution < 1.29 is 28.7 Å². The second-order valence-corrected chi connectivity index (χ2v) is 9.72. The van der Waals surface area contributed by atoms with Crippen LogP contribution in [0.2, 0.25) is 0 Å². The standard InChI is InChI=1S/C25H28N4O6/c1-25(2,3)35-24(34)28-14-12-27(13-15-28)11-5-7-16-6-4-8-17-20(16)23(33)29(22(17)32)18-9-10-19(30)26-21(18)31/h4,6,8,18H,9-15H2,1-3H3,(H,26,30,31). The van der Waals surface area contributed by atoms with E-state index in [9.17, 15) is 24.0 Å². The summed E-state index contributed by atoms with van der Waals surface area (Å²) in [4.78, 5) is 66.7. The number of rotatable bonds is 2. The smallest absolute Gasteiger partial charge is 0.410 e. The molecule has 1 aromatic rings. The van der Waals surface area contributed by atoms with Gasteiger partial charge in [0.05, 0.1) is 17.7 Å². The van der Waals surface area contributed by atoms with Gasteiger partial charge in [0.1, 0.15) is 11.6 Å². The van der Waals surface area contributed by atoms with Crippen molar-refractivity contribution >= 4 is 29.7 Å². The van der Waals surface area contributed by atoms with Crippen LogP contribution < -0.4 is 5.32 Å². The van der Waals surface area contributed by atoms with E-state index in [0.717, 1.165) is 4.90 Å². The van der Waals surface area contributed by atoms with Crippen molar-refractivity contribution in [3.05, 3.63) is 34.9 Å². The van der Waals surface area contributed by atoms with Gasteiger partial charge in [-0.3, -0.25) is 34.3 Å². The zero-order valence-electron chi connectivity index (χ0n) is 20.1. The number of amides is 5. The van der Waals surface area contributed by atoms with Crippen LogP contribution in [0.25, 0.3) is 0 Å². The summed E-state index contributed by atoms with van der Waals surface area (Å²) in [5, 5.41) is 2.19. The topological polar surface area (TPSA) is 116 Å². The number of hydrogen-bond acceptors (Lipinski definition) is 7. The van der Waals surface area contributed by atoms with Crippen molar-refractivity contribution in [2.45, 2.75) is 45.3 Å². The fourth-order valence-electron chi connectivity index (χ4n) is 4.28. The van der Waals surface area contributed by atoms with Gasteiger partial charge in [-0.2, -0.15) is 0 Å². The van der Waals surface area contributed by atoms with Gasteiger partial charge in [0.25, 0.3) is 11.8 Å². The van der Waals surface area contributed by atoms with Gasteiger partial charge in [0, 0.05) is 38.2 Å². The number of benzene rings is 1. The highest BCUT2D eigenvalue weighted by Gasteiger charge is 2.45. The molecule has 35 heavy (non-hydrogen) atoms. The number of carbonyl (C=O) groups excluding carboxylic acids is 5. The molecule has 0 bridgehead atoms. The minimum absolute atomic E-state index is 0.0671. The van der Waals surface area contributed by atoms with E-state index >= 15 is 0 Å². The van der Waals surface area contributed by atoms with Crippen LogP contribution >= 0.6 is 0 Å². The molecule has 0 radical (unpaired) electrons. The van der Waals surface area contributed by atoms with E-state index < -0.39 is 35.3 Å². The van der Waals surface area contributed by atoms with Gasteiger partial charge in [0.15, 0.2) is 0 Å². The monoisotopic (exact) mass is 480 g/mol. The number of piperazine rings is 1. The first-order valence-electron chi connectivity index (χ1n) is 11.6. The molecule has 1 unspecified atom stereocenters. The highest BCUT2D eigenvalue weighted by atomic mass is 16.6. The van der Waals surface area contributed by atoms with Crippen molar-refractivity contribution in [1.82, 2.24) is 20.0 Å². The first-order chi connectivity index (χ1) is 16.5. The molecule has 0 saturated carbocycles. The summed E-state index contributed by atoms with van der Waals surface area (Å²) < 4.78 is 5.41. The lowest BCUT2D eigenvalue weighted by Gasteiger charge is -2.34. The predicted octanol–water partition coefficient (Wildman–Crippen LogP) is 0.992. The Hall–Kier alpha value is -3.71. The molecule has 1 atom stereocenters. The summed E-state index contributed by atoms with van der Waals surface area (Å²) in [6.45, 7) is 8.28. The molecule has 3 heterocycles. The van der Waals surface area contributed by atoms with E-state index in [1.165, 1.54) is 0 Å². The van der Waals surface area contributed by atoms with Crippen LogP contribution in [0.4, 0.5) is 4.79 Å². The van der Waals surface area contributed by atoms with Gasteiger partial charge in [-0.15, -0.1) is 0 Å². The molecular formula is C25H28N4O6. The van der Waals surface area contributed by atoms with Gasteiger partial charge < -0.3 is 9.64 Å². The summed E-state index contributed by atoms with van der Waals surface area (Å²) in [6.07, 6.45) is -0.156. The van der Waals surface area contributed by atoms with Crippen LogP contribution in [0.5, 0.6) is 0 Å². The highest BCUT2D eigenvalue weighted by molar-refractivity contribution is 6.24. The van der Waals surface area contributed by atoms with Crippen LogP contribution in [0.3, 0.4) is 0 Å². The van der Waals surface area contributed by atoms with Crippen molar-refractivity contribution in [2.24, 2.45) is 0 Å². The van der Waals surface area contributed by atoms with E-state index in [0.29, 0.717) is 38.3 Å². The molecule has 5 amide bonds. The van der Waals surface area contributed by atoms with Gasteiger partial charge >= 0.3 is 6.09 Å². The highest BCUT2D eigenvalue weighted by Crippen LogP contribution is 2.29. The third-order valence-electron chi connectivity index (χ3n) is 6.02. The molecule has 0 aliphatic carbocycles. The van der Waals surface area contributed by atoms with E-state index in [1.807, 2.05) is 20.8 Å². The van der Waals surface area contributed by atoms with Crippen molar-refractivity contribution in [3.63, 3.8) is 0 Å². The minimum atomic E-state index is -1.01. The molecule has 3 aliphatic rings. The van der Waals surface area contributed by atoms with Crippen LogP contribution in [-0.4, -0.2) is 88.8 Å². The van der Waals surface area contributed by atoms with Gasteiger partial charge in [0.2, 0.25) is 11.8 Å². The Morgan fingerprint density at radius 3 is 2.46 bits per heavy atom. The molecule has 1 N–H and O–H groups in total. The second kappa shape index (κ2) is 9.50. The number of ether oxygens (including phenoxy) is 1. The molecule has 10 nitrogen and oxygen atoms in total. The van der Waals surface area contributed by atoms with Crippen LogP contribution in [-0.2, 0) is 14.3 Å². The summed E-state index contributed by atoms with van der Waals surface area (Å²) in [6, 6.07) is 3.86. The number of nitrogens with one attached hydrogen (secondary N) is 1. The van der Waals surface area contributed by atoms with Gasteiger partial charge in [-0.05, 0) is 39.3 Å². The molecule has 1 aromatic carbocycles. The second-order valence-electron chi connectivity index (χ2n) is 9.72. The number of carbonyl (C=O) groups is 5. The quantitative estimate of drug-likeness (QED) is 0.496. The Balaban J connectivity index is 1.41. The normalized spacial score (nSPS) is 20.8. The third-order valence-corrected chi connectivity index (χ3v) is 6.02. The van der Waals surface area contributed by atoms with Crippen molar-refractivity contribution in [1.29, 1.82) is 0 Å². The maximum atomic E-state index is 13.1. The van der Waals surface area contributed by atoms with Crippen LogP contribution in [0.1, 0.15) is 59.9 Å². The number of hydrogen-bond donors (Lipinski definition) is 1. The van der Waals surface area contributed by atoms with Crippen molar-refractivity contribution in [2.75, 3.05) is 32.7 Å². The summed E-state index contributed by atoms with van der Waals surface area (Å²) in [5.41, 5.74) is 0.271. The number of fused-ring (bicyclic) bond motifs is 1. The lowest BCUT2D eigenvalue weighted by molar-refractivity contribution is -0.136. The molecule has 184 valence electrons. The first-order valence-corrected chi connectivity index (χ1v) is 11.6. The number of nitrogens with zero attached hydrogens (tertiary/aromatic N) is 3. The molecule has 2 saturated heterocycles. The maximum Gasteiger partial charge on any atom is 0.410 e. The van der Waals surface area contributed by atoms with Crippen LogP contribution in [0.15, 0.2) is 18.2 Å². The predicted molar refractivity (Wildman–Crippen MR) is 124 cm³/mol. The average Bonchev–Trinajstić information content (AvgIpc) is 3.04. The lowest BCUT2D eigenvalue weighted by Crippen LogP contribution is -2.54. The Morgan fingerprint density at radius 2 is 1.80 bits per heavy atom. The number of imide groups is 2. The van der Waals surface area contributed by atoms with E-state index in [1.54, 1.807) is 23.1 Å². The first kappa shape index (κ1) is 24.4. The largest absolute Gasteiger partial charge is 0.444 e. The Labute approximate surface area is 203 Å². The van der Waals surface area contributed by atoms with Gasteiger partial charge in [-0.1, -0.05) is 17.9 Å².